The highest BCUT2D eigenvalue weighted by molar-refractivity contribution is 5.86. The Kier molecular flexibility index (Phi) is 3.80. The van der Waals surface area contributed by atoms with Gasteiger partial charge in [0.1, 0.15) is 5.78 Å². The van der Waals surface area contributed by atoms with Gasteiger partial charge >= 0.3 is 0 Å². The number of ketones is 1. The summed E-state index contributed by atoms with van der Waals surface area (Å²) in [5.74, 6) is 0.229. The van der Waals surface area contributed by atoms with Crippen LogP contribution in [0.15, 0.2) is 25.3 Å². The second-order valence-corrected chi connectivity index (χ2v) is 2.89. The Balaban J connectivity index is 4.43. The van der Waals surface area contributed by atoms with Crippen LogP contribution in [-0.2, 0) is 4.79 Å². The Labute approximate surface area is 68.8 Å². The van der Waals surface area contributed by atoms with Gasteiger partial charge in [0.25, 0.3) is 0 Å². The highest BCUT2D eigenvalue weighted by atomic mass is 16.1. The van der Waals surface area contributed by atoms with Crippen molar-refractivity contribution in [3.63, 3.8) is 0 Å². The number of carbonyl (C=O) groups is 1. The van der Waals surface area contributed by atoms with E-state index in [4.69, 9.17) is 0 Å². The van der Waals surface area contributed by atoms with Gasteiger partial charge in [0.15, 0.2) is 0 Å². The number of allylic oxidation sites excluding steroid dienone is 2. The van der Waals surface area contributed by atoms with E-state index in [1.807, 2.05) is 13.8 Å². The highest BCUT2D eigenvalue weighted by Gasteiger charge is 2.25. The van der Waals surface area contributed by atoms with Crippen LogP contribution in [0.4, 0.5) is 0 Å². The standard InChI is InChI=1S/C10H16O/c1-5-8-10(4,7-3)9(11)6-2/h5,7H,1,3,6,8H2,2,4H3. The van der Waals surface area contributed by atoms with E-state index in [9.17, 15) is 4.79 Å². The van der Waals surface area contributed by atoms with Crippen LogP contribution in [-0.4, -0.2) is 5.78 Å². The van der Waals surface area contributed by atoms with Crippen LogP contribution in [0.5, 0.6) is 0 Å². The third-order valence-corrected chi connectivity index (χ3v) is 1.98. The molecule has 0 N–H and O–H groups in total. The van der Waals surface area contributed by atoms with Crippen molar-refractivity contribution in [2.45, 2.75) is 26.7 Å². The lowest BCUT2D eigenvalue weighted by Crippen LogP contribution is -2.23. The number of rotatable bonds is 5. The van der Waals surface area contributed by atoms with Gasteiger partial charge in [-0.1, -0.05) is 19.1 Å². The predicted molar refractivity (Wildman–Crippen MR) is 48.4 cm³/mol. The summed E-state index contributed by atoms with van der Waals surface area (Å²) in [4.78, 5) is 11.3. The molecule has 0 radical (unpaired) electrons. The van der Waals surface area contributed by atoms with E-state index in [2.05, 4.69) is 13.2 Å². The van der Waals surface area contributed by atoms with Gasteiger partial charge in [-0.3, -0.25) is 4.79 Å². The quantitative estimate of drug-likeness (QED) is 0.553. The summed E-state index contributed by atoms with van der Waals surface area (Å²) in [6, 6.07) is 0. The van der Waals surface area contributed by atoms with Gasteiger partial charge in [-0.25, -0.2) is 0 Å². The number of Topliss-reactive ketones (excluding diaryl/α,β-unsaturated/α-hetero) is 1. The van der Waals surface area contributed by atoms with Crippen molar-refractivity contribution < 1.29 is 4.79 Å². The van der Waals surface area contributed by atoms with Gasteiger partial charge in [-0.15, -0.1) is 13.2 Å². The molecule has 1 heteroatoms. The summed E-state index contributed by atoms with van der Waals surface area (Å²) in [5, 5.41) is 0. The lowest BCUT2D eigenvalue weighted by molar-refractivity contribution is -0.125. The van der Waals surface area contributed by atoms with Crippen molar-refractivity contribution in [2.75, 3.05) is 0 Å². The molecule has 0 aromatic heterocycles. The second-order valence-electron chi connectivity index (χ2n) is 2.89. The van der Waals surface area contributed by atoms with E-state index in [-0.39, 0.29) is 5.78 Å². The molecule has 0 heterocycles. The molecule has 0 aliphatic rings. The molecular formula is C10H16O. The summed E-state index contributed by atoms with van der Waals surface area (Å²) in [6.07, 6.45) is 4.72. The third-order valence-electron chi connectivity index (χ3n) is 1.98. The average Bonchev–Trinajstić information content (AvgIpc) is 2.03. The van der Waals surface area contributed by atoms with Crippen molar-refractivity contribution in [1.82, 2.24) is 0 Å². The molecule has 0 saturated heterocycles. The molecule has 1 unspecified atom stereocenters. The zero-order valence-corrected chi connectivity index (χ0v) is 7.39. The van der Waals surface area contributed by atoms with Crippen LogP contribution in [0.3, 0.4) is 0 Å². The van der Waals surface area contributed by atoms with E-state index >= 15 is 0 Å². The summed E-state index contributed by atoms with van der Waals surface area (Å²) < 4.78 is 0. The third kappa shape index (κ3) is 2.34. The van der Waals surface area contributed by atoms with E-state index in [1.165, 1.54) is 0 Å². The van der Waals surface area contributed by atoms with Crippen LogP contribution in [0.25, 0.3) is 0 Å². The normalized spacial score (nSPS) is 15.1. The summed E-state index contributed by atoms with van der Waals surface area (Å²) in [5.41, 5.74) is -0.392. The summed E-state index contributed by atoms with van der Waals surface area (Å²) in [6.45, 7) is 11.0. The number of hydrogen-bond donors (Lipinski definition) is 0. The van der Waals surface area contributed by atoms with Crippen LogP contribution in [0.1, 0.15) is 26.7 Å². The SMILES string of the molecule is C=CCC(C)(C=C)C(=O)CC. The zero-order valence-electron chi connectivity index (χ0n) is 7.39. The predicted octanol–water partition coefficient (Wildman–Crippen LogP) is 2.73. The first-order chi connectivity index (χ1) is 5.10. The minimum absolute atomic E-state index is 0.229. The van der Waals surface area contributed by atoms with Crippen molar-refractivity contribution in [3.05, 3.63) is 25.3 Å². The first kappa shape index (κ1) is 10.2. The maximum absolute atomic E-state index is 11.3. The van der Waals surface area contributed by atoms with Crippen molar-refractivity contribution >= 4 is 5.78 Å². The summed E-state index contributed by atoms with van der Waals surface area (Å²) in [7, 11) is 0. The van der Waals surface area contributed by atoms with E-state index in [1.54, 1.807) is 12.2 Å². The molecule has 62 valence electrons. The van der Waals surface area contributed by atoms with Gasteiger partial charge in [0.05, 0.1) is 0 Å². The van der Waals surface area contributed by atoms with Crippen LogP contribution >= 0.6 is 0 Å². The van der Waals surface area contributed by atoms with E-state index in [0.29, 0.717) is 12.8 Å². The molecule has 0 aromatic carbocycles. The minimum atomic E-state index is -0.392. The molecule has 0 aromatic rings. The first-order valence-electron chi connectivity index (χ1n) is 3.88. The topological polar surface area (TPSA) is 17.1 Å². The molecule has 0 fully saturated rings. The Morgan fingerprint density at radius 1 is 1.55 bits per heavy atom. The van der Waals surface area contributed by atoms with Crippen molar-refractivity contribution in [3.8, 4) is 0 Å². The molecule has 0 amide bonds. The maximum atomic E-state index is 11.3. The largest absolute Gasteiger partial charge is 0.299 e. The molecule has 1 atom stereocenters. The molecule has 0 rings (SSSR count). The second kappa shape index (κ2) is 4.12. The van der Waals surface area contributed by atoms with Gasteiger partial charge in [0, 0.05) is 11.8 Å². The molecular weight excluding hydrogens is 136 g/mol. The summed E-state index contributed by atoms with van der Waals surface area (Å²) >= 11 is 0. The molecule has 0 saturated carbocycles. The van der Waals surface area contributed by atoms with Gasteiger partial charge < -0.3 is 0 Å². The Morgan fingerprint density at radius 3 is 2.36 bits per heavy atom. The van der Waals surface area contributed by atoms with Gasteiger partial charge in [-0.05, 0) is 13.3 Å². The number of hydrogen-bond acceptors (Lipinski definition) is 1. The molecule has 11 heavy (non-hydrogen) atoms. The fourth-order valence-electron chi connectivity index (χ4n) is 1.01. The Bertz CT molecular complexity index is 170. The molecule has 0 spiro atoms. The minimum Gasteiger partial charge on any atom is -0.299 e. The lowest BCUT2D eigenvalue weighted by Gasteiger charge is -2.21. The van der Waals surface area contributed by atoms with E-state index in [0.717, 1.165) is 0 Å². The van der Waals surface area contributed by atoms with E-state index < -0.39 is 5.41 Å². The van der Waals surface area contributed by atoms with Crippen molar-refractivity contribution in [1.29, 1.82) is 0 Å². The fourth-order valence-corrected chi connectivity index (χ4v) is 1.01. The maximum Gasteiger partial charge on any atom is 0.142 e. The van der Waals surface area contributed by atoms with Crippen LogP contribution in [0, 0.1) is 5.41 Å². The highest BCUT2D eigenvalue weighted by Crippen LogP contribution is 2.25. The average molecular weight is 152 g/mol. The van der Waals surface area contributed by atoms with Gasteiger partial charge in [-0.2, -0.15) is 0 Å². The monoisotopic (exact) mass is 152 g/mol. The van der Waals surface area contributed by atoms with Crippen LogP contribution in [0.2, 0.25) is 0 Å². The first-order valence-corrected chi connectivity index (χ1v) is 3.88. The Morgan fingerprint density at radius 2 is 2.09 bits per heavy atom. The smallest absolute Gasteiger partial charge is 0.142 e. The molecule has 0 bridgehead atoms. The fraction of sp³-hybridized carbons (Fsp3) is 0.500. The van der Waals surface area contributed by atoms with Gasteiger partial charge in [0.2, 0.25) is 0 Å². The molecule has 0 aliphatic carbocycles. The lowest BCUT2D eigenvalue weighted by atomic mass is 9.81. The number of carbonyl (C=O) groups excluding carboxylic acids is 1. The molecule has 0 aliphatic heterocycles. The Hall–Kier alpha value is -0.850. The van der Waals surface area contributed by atoms with Crippen molar-refractivity contribution in [2.24, 2.45) is 5.41 Å². The molecule has 1 nitrogen and oxygen atoms in total. The van der Waals surface area contributed by atoms with Crippen LogP contribution < -0.4 is 0 Å². The zero-order chi connectivity index (χ0) is 8.91.